The third-order valence-electron chi connectivity index (χ3n) is 11.3. The Labute approximate surface area is 344 Å². The largest absolute Gasteiger partial charge is 0.456 e. The lowest BCUT2D eigenvalue weighted by Crippen LogP contribution is -2.00. The maximum Gasteiger partial charge on any atom is 0.227 e. The Hall–Kier alpha value is -8.22. The van der Waals surface area contributed by atoms with Gasteiger partial charge in [-0.1, -0.05) is 158 Å². The van der Waals surface area contributed by atoms with Crippen LogP contribution in [0.1, 0.15) is 0 Å². The lowest BCUT2D eigenvalue weighted by atomic mass is 9.94. The second kappa shape index (κ2) is 13.7. The molecule has 0 saturated heterocycles. The first-order valence-corrected chi connectivity index (χ1v) is 20.0. The van der Waals surface area contributed by atoms with Crippen molar-refractivity contribution >= 4 is 54.6 Å². The molecule has 0 atom stereocenters. The minimum absolute atomic E-state index is 0.553. The first-order chi connectivity index (χ1) is 29.7. The van der Waals surface area contributed by atoms with Crippen molar-refractivity contribution < 1.29 is 8.83 Å². The number of para-hydroxylation sites is 1. The number of benzene rings is 9. The molecule has 9 aromatic carbocycles. The number of hydrogen-bond acceptors (Lipinski definition) is 6. The third kappa shape index (κ3) is 5.73. The predicted octanol–water partition coefficient (Wildman–Crippen LogP) is 14.2. The van der Waals surface area contributed by atoms with Crippen molar-refractivity contribution in [2.45, 2.75) is 0 Å². The fraction of sp³-hybridized carbons (Fsp3) is 0. The molecular formula is C54H32N4O2. The van der Waals surface area contributed by atoms with E-state index in [1.807, 2.05) is 60.7 Å². The number of hydrogen-bond donors (Lipinski definition) is 0. The van der Waals surface area contributed by atoms with Gasteiger partial charge in [0.1, 0.15) is 16.7 Å². The Balaban J connectivity index is 1.02. The molecule has 0 unspecified atom stereocenters. The molecule has 3 aromatic heterocycles. The zero-order valence-corrected chi connectivity index (χ0v) is 32.1. The molecular weight excluding hydrogens is 737 g/mol. The molecule has 12 rings (SSSR count). The monoisotopic (exact) mass is 768 g/mol. The van der Waals surface area contributed by atoms with Gasteiger partial charge in [0.25, 0.3) is 0 Å². The Morgan fingerprint density at radius 1 is 0.333 bits per heavy atom. The molecule has 0 radical (unpaired) electrons. The number of rotatable bonds is 6. The molecule has 0 bridgehead atoms. The summed E-state index contributed by atoms with van der Waals surface area (Å²) in [5.41, 5.74) is 10.9. The molecule has 60 heavy (non-hydrogen) atoms. The summed E-state index contributed by atoms with van der Waals surface area (Å²) in [5.74, 6) is 2.40. The van der Waals surface area contributed by atoms with E-state index < -0.39 is 0 Å². The van der Waals surface area contributed by atoms with E-state index in [1.54, 1.807) is 0 Å². The molecule has 0 amide bonds. The Bertz CT molecular complexity index is 3590. The van der Waals surface area contributed by atoms with Crippen LogP contribution >= 0.6 is 0 Å². The molecule has 0 aliphatic heterocycles. The highest BCUT2D eigenvalue weighted by Crippen LogP contribution is 2.44. The van der Waals surface area contributed by atoms with E-state index >= 15 is 0 Å². The second-order valence-corrected chi connectivity index (χ2v) is 15.0. The lowest BCUT2D eigenvalue weighted by molar-refractivity contribution is 0.621. The maximum absolute atomic E-state index is 6.77. The van der Waals surface area contributed by atoms with Crippen LogP contribution in [0.4, 0.5) is 0 Å². The average Bonchev–Trinajstić information content (AvgIpc) is 3.92. The molecule has 0 aliphatic carbocycles. The molecule has 12 aromatic rings. The normalized spacial score (nSPS) is 11.7. The van der Waals surface area contributed by atoms with Gasteiger partial charge in [-0.2, -0.15) is 0 Å². The summed E-state index contributed by atoms with van der Waals surface area (Å²) in [4.78, 5) is 20.3. The van der Waals surface area contributed by atoms with E-state index in [2.05, 4.69) is 133 Å². The van der Waals surface area contributed by atoms with Crippen LogP contribution in [0.15, 0.2) is 203 Å². The van der Waals surface area contributed by atoms with Crippen molar-refractivity contribution in [1.29, 1.82) is 0 Å². The van der Waals surface area contributed by atoms with E-state index in [0.29, 0.717) is 28.9 Å². The van der Waals surface area contributed by atoms with Crippen LogP contribution in [0.2, 0.25) is 0 Å². The van der Waals surface area contributed by atoms with Crippen LogP contribution in [0.25, 0.3) is 122 Å². The van der Waals surface area contributed by atoms with Gasteiger partial charge in [-0.25, -0.2) is 19.9 Å². The van der Waals surface area contributed by atoms with Crippen molar-refractivity contribution in [3.63, 3.8) is 0 Å². The lowest BCUT2D eigenvalue weighted by Gasteiger charge is -2.12. The van der Waals surface area contributed by atoms with Crippen LogP contribution in [0, 0.1) is 0 Å². The van der Waals surface area contributed by atoms with Gasteiger partial charge in [-0.3, -0.25) is 0 Å². The van der Waals surface area contributed by atoms with E-state index in [0.717, 1.165) is 88.1 Å². The standard InChI is InChI=1S/C54H32N4O2/c1-3-12-33(13-4-1)35-22-25-37(26-23-35)54-55-45-32-47-49(44-19-9-10-21-46(44)59-47)48(50(45)60-54)40-28-29-42-39(31-40)18-11-20-43(42)53-57-51(36-15-5-2-6-16-36)56-52(58-53)41-27-24-34-14-7-8-17-38(34)30-41/h1-32H. The summed E-state index contributed by atoms with van der Waals surface area (Å²) in [5, 5.41) is 6.36. The second-order valence-electron chi connectivity index (χ2n) is 15.0. The number of furan rings is 1. The topological polar surface area (TPSA) is 77.8 Å². The summed E-state index contributed by atoms with van der Waals surface area (Å²) in [7, 11) is 0. The molecule has 280 valence electrons. The number of nitrogens with zero attached hydrogens (tertiary/aromatic N) is 4. The van der Waals surface area contributed by atoms with Gasteiger partial charge in [0.2, 0.25) is 5.89 Å². The maximum atomic E-state index is 6.77. The van der Waals surface area contributed by atoms with Crippen LogP contribution in [0.3, 0.4) is 0 Å². The summed E-state index contributed by atoms with van der Waals surface area (Å²) < 4.78 is 13.3. The van der Waals surface area contributed by atoms with Crippen molar-refractivity contribution in [2.75, 3.05) is 0 Å². The quantitative estimate of drug-likeness (QED) is 0.168. The highest BCUT2D eigenvalue weighted by Gasteiger charge is 2.22. The van der Waals surface area contributed by atoms with Gasteiger partial charge in [0, 0.05) is 44.7 Å². The number of fused-ring (bicyclic) bond motifs is 6. The molecule has 0 N–H and O–H groups in total. The number of oxazole rings is 1. The Morgan fingerprint density at radius 2 is 0.950 bits per heavy atom. The third-order valence-corrected chi connectivity index (χ3v) is 11.3. The number of aromatic nitrogens is 4. The van der Waals surface area contributed by atoms with Crippen LogP contribution in [-0.2, 0) is 0 Å². The van der Waals surface area contributed by atoms with Crippen molar-refractivity contribution in [3.8, 4) is 67.9 Å². The highest BCUT2D eigenvalue weighted by molar-refractivity contribution is 6.19. The van der Waals surface area contributed by atoms with Crippen molar-refractivity contribution in [2.24, 2.45) is 0 Å². The first kappa shape index (κ1) is 33.9. The molecule has 0 aliphatic rings. The van der Waals surface area contributed by atoms with Gasteiger partial charge < -0.3 is 8.83 Å². The minimum atomic E-state index is 0.553. The van der Waals surface area contributed by atoms with Gasteiger partial charge in [-0.05, 0) is 68.6 Å². The molecule has 3 heterocycles. The SMILES string of the molecule is c1ccc(-c2ccc(-c3nc4cc5oc6ccccc6c5c(-c5ccc6c(-c7nc(-c8ccccc8)nc(-c8ccc9ccccc9c8)n7)cccc6c5)c4o3)cc2)cc1. The van der Waals surface area contributed by atoms with E-state index in [-0.39, 0.29) is 0 Å². The summed E-state index contributed by atoms with van der Waals surface area (Å²) >= 11 is 0. The fourth-order valence-electron chi connectivity index (χ4n) is 8.41. The molecule has 6 nitrogen and oxygen atoms in total. The Kier molecular flexibility index (Phi) is 7.74. The smallest absolute Gasteiger partial charge is 0.227 e. The molecule has 6 heteroatoms. The van der Waals surface area contributed by atoms with Crippen LogP contribution in [-0.4, -0.2) is 19.9 Å². The van der Waals surface area contributed by atoms with Gasteiger partial charge >= 0.3 is 0 Å². The van der Waals surface area contributed by atoms with Gasteiger partial charge in [0.15, 0.2) is 23.1 Å². The van der Waals surface area contributed by atoms with Crippen LogP contribution < -0.4 is 0 Å². The summed E-state index contributed by atoms with van der Waals surface area (Å²) in [6.45, 7) is 0. The highest BCUT2D eigenvalue weighted by atomic mass is 16.4. The first-order valence-electron chi connectivity index (χ1n) is 20.0. The van der Waals surface area contributed by atoms with Crippen molar-refractivity contribution in [3.05, 3.63) is 194 Å². The van der Waals surface area contributed by atoms with E-state index in [9.17, 15) is 0 Å². The fourth-order valence-corrected chi connectivity index (χ4v) is 8.41. The minimum Gasteiger partial charge on any atom is -0.456 e. The zero-order valence-electron chi connectivity index (χ0n) is 32.1. The van der Waals surface area contributed by atoms with Crippen molar-refractivity contribution in [1.82, 2.24) is 19.9 Å². The zero-order chi connectivity index (χ0) is 39.6. The Morgan fingerprint density at radius 3 is 1.78 bits per heavy atom. The summed E-state index contributed by atoms with van der Waals surface area (Å²) in [6, 6.07) is 66.5. The average molecular weight is 769 g/mol. The van der Waals surface area contributed by atoms with Crippen LogP contribution in [0.5, 0.6) is 0 Å². The molecule has 0 saturated carbocycles. The van der Waals surface area contributed by atoms with Gasteiger partial charge in [-0.15, -0.1) is 0 Å². The molecule has 0 fully saturated rings. The van der Waals surface area contributed by atoms with E-state index in [1.165, 1.54) is 5.39 Å². The predicted molar refractivity (Wildman–Crippen MR) is 242 cm³/mol. The van der Waals surface area contributed by atoms with E-state index in [4.69, 9.17) is 28.8 Å². The molecule has 0 spiro atoms. The summed E-state index contributed by atoms with van der Waals surface area (Å²) in [6.07, 6.45) is 0. The van der Waals surface area contributed by atoms with Gasteiger partial charge in [0.05, 0.1) is 0 Å².